The van der Waals surface area contributed by atoms with Gasteiger partial charge in [0.05, 0.1) is 17.4 Å². The highest BCUT2D eigenvalue weighted by Crippen LogP contribution is 2.34. The number of nitrogens with zero attached hydrogens (tertiary/aromatic N) is 1. The number of aryl methyl sites for hydroxylation is 1. The molecule has 2 aromatic heterocycles. The highest BCUT2D eigenvalue weighted by molar-refractivity contribution is 6.07. The van der Waals surface area contributed by atoms with Crippen LogP contribution in [0.25, 0.3) is 17.0 Å². The van der Waals surface area contributed by atoms with Crippen molar-refractivity contribution in [3.63, 3.8) is 0 Å². The van der Waals surface area contributed by atoms with E-state index in [0.29, 0.717) is 34.8 Å². The van der Waals surface area contributed by atoms with E-state index in [4.69, 9.17) is 9.15 Å². The summed E-state index contributed by atoms with van der Waals surface area (Å²) in [5.41, 5.74) is 2.79. The summed E-state index contributed by atoms with van der Waals surface area (Å²) in [6.07, 6.45) is 5.17. The fourth-order valence-corrected chi connectivity index (χ4v) is 3.20. The van der Waals surface area contributed by atoms with E-state index in [-0.39, 0.29) is 5.91 Å². The van der Waals surface area contributed by atoms with Crippen LogP contribution in [0, 0.1) is 6.92 Å². The van der Waals surface area contributed by atoms with E-state index in [1.807, 2.05) is 12.1 Å². The van der Waals surface area contributed by atoms with Crippen molar-refractivity contribution in [2.75, 3.05) is 7.05 Å². The number of fused-ring (bicyclic) bond motifs is 2. The largest absolute Gasteiger partial charge is 0.460 e. The molecular weight excluding hydrogens is 332 g/mol. The van der Waals surface area contributed by atoms with Crippen LogP contribution in [-0.4, -0.2) is 29.1 Å². The first-order valence-electron chi connectivity index (χ1n) is 8.34. The molecule has 2 heterocycles. The SMILES string of the molecule is CNC(=O)c1c(C)oc2cc(Oc3ccnc4c3C=CC(O)C4)ccc12. The Morgan fingerprint density at radius 2 is 2.23 bits per heavy atom. The van der Waals surface area contributed by atoms with Gasteiger partial charge in [0.2, 0.25) is 0 Å². The Labute approximate surface area is 150 Å². The lowest BCUT2D eigenvalue weighted by molar-refractivity contribution is 0.0963. The van der Waals surface area contributed by atoms with Gasteiger partial charge in [-0.05, 0) is 25.1 Å². The molecule has 6 nitrogen and oxygen atoms in total. The molecule has 3 aromatic rings. The molecule has 4 rings (SSSR count). The van der Waals surface area contributed by atoms with Crippen LogP contribution in [0.1, 0.15) is 27.4 Å². The molecule has 6 heteroatoms. The van der Waals surface area contributed by atoms with Gasteiger partial charge in [0.25, 0.3) is 5.91 Å². The van der Waals surface area contributed by atoms with Gasteiger partial charge in [-0.3, -0.25) is 9.78 Å². The van der Waals surface area contributed by atoms with Crippen molar-refractivity contribution in [2.45, 2.75) is 19.4 Å². The highest BCUT2D eigenvalue weighted by Gasteiger charge is 2.19. The lowest BCUT2D eigenvalue weighted by Crippen LogP contribution is -2.18. The molecule has 0 aliphatic heterocycles. The number of furan rings is 1. The molecule has 1 unspecified atom stereocenters. The van der Waals surface area contributed by atoms with Gasteiger partial charge in [-0.15, -0.1) is 0 Å². The van der Waals surface area contributed by atoms with Gasteiger partial charge in [0.15, 0.2) is 0 Å². The van der Waals surface area contributed by atoms with E-state index in [9.17, 15) is 9.90 Å². The average molecular weight is 350 g/mol. The van der Waals surface area contributed by atoms with Crippen molar-refractivity contribution >= 4 is 23.0 Å². The summed E-state index contributed by atoms with van der Waals surface area (Å²) in [5.74, 6) is 1.64. The second-order valence-corrected chi connectivity index (χ2v) is 6.17. The lowest BCUT2D eigenvalue weighted by Gasteiger charge is -2.17. The highest BCUT2D eigenvalue weighted by atomic mass is 16.5. The number of benzene rings is 1. The van der Waals surface area contributed by atoms with Crippen molar-refractivity contribution in [3.8, 4) is 11.5 Å². The zero-order valence-electron chi connectivity index (χ0n) is 14.4. The zero-order chi connectivity index (χ0) is 18.3. The lowest BCUT2D eigenvalue weighted by atomic mass is 10.0. The fourth-order valence-electron chi connectivity index (χ4n) is 3.20. The number of hydrogen-bond donors (Lipinski definition) is 2. The molecule has 0 bridgehead atoms. The van der Waals surface area contributed by atoms with E-state index >= 15 is 0 Å². The number of hydrogen-bond acceptors (Lipinski definition) is 5. The van der Waals surface area contributed by atoms with Crippen LogP contribution in [0.15, 0.2) is 41.0 Å². The maximum atomic E-state index is 12.0. The predicted octanol–water partition coefficient (Wildman–Crippen LogP) is 3.22. The molecule has 0 saturated heterocycles. The van der Waals surface area contributed by atoms with Gasteiger partial charge in [-0.2, -0.15) is 0 Å². The monoisotopic (exact) mass is 350 g/mol. The molecule has 0 spiro atoms. The molecule has 0 fully saturated rings. The number of ether oxygens (including phenoxy) is 1. The first kappa shape index (κ1) is 16.4. The summed E-state index contributed by atoms with van der Waals surface area (Å²) in [5, 5.41) is 13.1. The minimum Gasteiger partial charge on any atom is -0.460 e. The average Bonchev–Trinajstić information content (AvgIpc) is 2.96. The molecule has 2 N–H and O–H groups in total. The number of amides is 1. The van der Waals surface area contributed by atoms with E-state index in [0.717, 1.165) is 16.6 Å². The van der Waals surface area contributed by atoms with Crippen molar-refractivity contribution in [1.29, 1.82) is 0 Å². The molecular formula is C20H18N2O4. The van der Waals surface area contributed by atoms with Crippen LogP contribution in [-0.2, 0) is 6.42 Å². The number of pyridine rings is 1. The molecule has 1 aliphatic rings. The summed E-state index contributed by atoms with van der Waals surface area (Å²) in [6, 6.07) is 7.17. The standard InChI is InChI=1S/C20H18N2O4/c1-11-19(20(24)21-2)15-6-4-13(10-18(15)25-11)26-17-7-8-22-16-9-12(23)3-5-14(16)17/h3-8,10,12,23H,9H2,1-2H3,(H,21,24). The number of carbonyl (C=O) groups excluding carboxylic acids is 1. The van der Waals surface area contributed by atoms with E-state index in [1.165, 1.54) is 0 Å². The van der Waals surface area contributed by atoms with Crippen LogP contribution >= 0.6 is 0 Å². The Kier molecular flexibility index (Phi) is 3.97. The first-order valence-corrected chi connectivity index (χ1v) is 8.34. The van der Waals surface area contributed by atoms with Crippen molar-refractivity contribution in [1.82, 2.24) is 10.3 Å². The van der Waals surface area contributed by atoms with Crippen molar-refractivity contribution in [2.24, 2.45) is 0 Å². The number of rotatable bonds is 3. The predicted molar refractivity (Wildman–Crippen MR) is 97.4 cm³/mol. The molecule has 132 valence electrons. The second kappa shape index (κ2) is 6.31. The molecule has 0 saturated carbocycles. The summed E-state index contributed by atoms with van der Waals surface area (Å²) in [6.45, 7) is 1.76. The molecule has 0 radical (unpaired) electrons. The number of aromatic nitrogens is 1. The Morgan fingerprint density at radius 1 is 1.38 bits per heavy atom. The summed E-state index contributed by atoms with van der Waals surface area (Å²) in [7, 11) is 1.59. The zero-order valence-corrected chi connectivity index (χ0v) is 14.4. The quantitative estimate of drug-likeness (QED) is 0.758. The summed E-state index contributed by atoms with van der Waals surface area (Å²) >= 11 is 0. The maximum absolute atomic E-state index is 12.0. The number of nitrogens with one attached hydrogen (secondary N) is 1. The van der Waals surface area contributed by atoms with Gasteiger partial charge in [-0.25, -0.2) is 0 Å². The van der Waals surface area contributed by atoms with Crippen LogP contribution in [0.3, 0.4) is 0 Å². The summed E-state index contributed by atoms with van der Waals surface area (Å²) in [4.78, 5) is 16.3. The van der Waals surface area contributed by atoms with Crippen LogP contribution in [0.4, 0.5) is 0 Å². The fraction of sp³-hybridized carbons (Fsp3) is 0.200. The van der Waals surface area contributed by atoms with Gasteiger partial charge in [0.1, 0.15) is 22.8 Å². The Balaban J connectivity index is 1.71. The van der Waals surface area contributed by atoms with Gasteiger partial charge < -0.3 is 19.6 Å². The number of aliphatic hydroxyl groups is 1. The Morgan fingerprint density at radius 3 is 3.04 bits per heavy atom. The van der Waals surface area contributed by atoms with Crippen molar-refractivity contribution < 1.29 is 19.1 Å². The Bertz CT molecular complexity index is 1040. The van der Waals surface area contributed by atoms with Crippen LogP contribution in [0.2, 0.25) is 0 Å². The number of carbonyl (C=O) groups is 1. The van der Waals surface area contributed by atoms with Crippen LogP contribution < -0.4 is 10.1 Å². The minimum absolute atomic E-state index is 0.179. The first-order chi connectivity index (χ1) is 12.6. The van der Waals surface area contributed by atoms with Gasteiger partial charge in [-0.1, -0.05) is 12.2 Å². The smallest absolute Gasteiger partial charge is 0.255 e. The topological polar surface area (TPSA) is 84.6 Å². The Hall–Kier alpha value is -3.12. The number of aliphatic hydroxyl groups excluding tert-OH is 1. The summed E-state index contributed by atoms with van der Waals surface area (Å²) < 4.78 is 11.7. The normalized spacial score (nSPS) is 15.7. The van der Waals surface area contributed by atoms with Crippen molar-refractivity contribution in [3.05, 3.63) is 59.1 Å². The third-order valence-electron chi connectivity index (χ3n) is 4.44. The third-order valence-corrected chi connectivity index (χ3v) is 4.44. The molecule has 1 amide bonds. The second-order valence-electron chi connectivity index (χ2n) is 6.17. The van der Waals surface area contributed by atoms with Gasteiger partial charge in [0, 0.05) is 36.7 Å². The van der Waals surface area contributed by atoms with E-state index in [1.54, 1.807) is 44.4 Å². The third kappa shape index (κ3) is 2.74. The van der Waals surface area contributed by atoms with Gasteiger partial charge >= 0.3 is 0 Å². The maximum Gasteiger partial charge on any atom is 0.255 e. The van der Waals surface area contributed by atoms with E-state index in [2.05, 4.69) is 10.3 Å². The molecule has 26 heavy (non-hydrogen) atoms. The van der Waals surface area contributed by atoms with E-state index < -0.39 is 6.10 Å². The molecule has 1 aromatic carbocycles. The molecule has 1 atom stereocenters. The minimum atomic E-state index is -0.518. The molecule has 1 aliphatic carbocycles. The van der Waals surface area contributed by atoms with Crippen LogP contribution in [0.5, 0.6) is 11.5 Å².